The SMILES string of the molecule is CN(C(=O)c1ccc(NN)nc1)C1CC1. The number of nitrogen functional groups attached to an aromatic ring is 1. The maximum atomic E-state index is 11.9. The topological polar surface area (TPSA) is 71.2 Å². The van der Waals surface area contributed by atoms with Gasteiger partial charge in [-0.1, -0.05) is 0 Å². The lowest BCUT2D eigenvalue weighted by atomic mass is 10.2. The molecule has 0 saturated heterocycles. The van der Waals surface area contributed by atoms with E-state index in [4.69, 9.17) is 5.84 Å². The number of anilines is 1. The largest absolute Gasteiger partial charge is 0.339 e. The fourth-order valence-corrected chi connectivity index (χ4v) is 1.44. The van der Waals surface area contributed by atoms with Gasteiger partial charge in [0.1, 0.15) is 5.82 Å². The molecule has 5 nitrogen and oxygen atoms in total. The minimum atomic E-state index is 0.0218. The van der Waals surface area contributed by atoms with Crippen molar-refractivity contribution in [1.29, 1.82) is 0 Å². The van der Waals surface area contributed by atoms with Crippen LogP contribution in [0, 0.1) is 0 Å². The van der Waals surface area contributed by atoms with Gasteiger partial charge >= 0.3 is 0 Å². The van der Waals surface area contributed by atoms with Crippen molar-refractivity contribution < 1.29 is 4.79 Å². The highest BCUT2D eigenvalue weighted by Crippen LogP contribution is 2.26. The second-order valence-electron chi connectivity index (χ2n) is 3.72. The van der Waals surface area contributed by atoms with Crippen molar-refractivity contribution in [1.82, 2.24) is 9.88 Å². The van der Waals surface area contributed by atoms with Gasteiger partial charge in [0.25, 0.3) is 5.91 Å². The molecule has 2 rings (SSSR count). The number of nitrogens with one attached hydrogen (secondary N) is 1. The Balaban J connectivity index is 2.10. The average molecular weight is 206 g/mol. The Morgan fingerprint density at radius 2 is 2.33 bits per heavy atom. The molecular weight excluding hydrogens is 192 g/mol. The molecular formula is C10H14N4O. The normalized spacial score (nSPS) is 14.8. The molecule has 1 aliphatic rings. The number of carbonyl (C=O) groups excluding carboxylic acids is 1. The summed E-state index contributed by atoms with van der Waals surface area (Å²) in [5, 5.41) is 0. The zero-order chi connectivity index (χ0) is 10.8. The third-order valence-corrected chi connectivity index (χ3v) is 2.57. The van der Waals surface area contributed by atoms with Crippen LogP contribution in [-0.4, -0.2) is 28.9 Å². The molecule has 1 fully saturated rings. The number of nitrogens with zero attached hydrogens (tertiary/aromatic N) is 2. The van der Waals surface area contributed by atoms with Crippen LogP contribution in [0.3, 0.4) is 0 Å². The molecule has 15 heavy (non-hydrogen) atoms. The number of hydrogen-bond acceptors (Lipinski definition) is 4. The summed E-state index contributed by atoms with van der Waals surface area (Å²) in [5.74, 6) is 5.76. The molecule has 0 atom stereocenters. The highest BCUT2D eigenvalue weighted by Gasteiger charge is 2.30. The fourth-order valence-electron chi connectivity index (χ4n) is 1.44. The molecule has 0 aromatic carbocycles. The van der Waals surface area contributed by atoms with E-state index >= 15 is 0 Å². The standard InChI is InChI=1S/C10H14N4O/c1-14(8-3-4-8)10(15)7-2-5-9(13-11)12-6-7/h2,5-6,8H,3-4,11H2,1H3,(H,12,13). The Morgan fingerprint density at radius 1 is 1.60 bits per heavy atom. The van der Waals surface area contributed by atoms with E-state index in [0.717, 1.165) is 12.8 Å². The van der Waals surface area contributed by atoms with Crippen LogP contribution in [0.2, 0.25) is 0 Å². The van der Waals surface area contributed by atoms with Gasteiger partial charge in [0.05, 0.1) is 5.56 Å². The Bertz CT molecular complexity index is 358. The summed E-state index contributed by atoms with van der Waals surface area (Å²) in [4.78, 5) is 17.6. The van der Waals surface area contributed by atoms with Crippen LogP contribution >= 0.6 is 0 Å². The number of hydrogen-bond donors (Lipinski definition) is 2. The Morgan fingerprint density at radius 3 is 2.80 bits per heavy atom. The average Bonchev–Trinajstić information content (AvgIpc) is 3.11. The lowest BCUT2D eigenvalue weighted by molar-refractivity contribution is 0.0784. The van der Waals surface area contributed by atoms with Crippen molar-refractivity contribution in [3.05, 3.63) is 23.9 Å². The van der Waals surface area contributed by atoms with Gasteiger partial charge in [-0.05, 0) is 25.0 Å². The molecule has 1 amide bonds. The highest BCUT2D eigenvalue weighted by molar-refractivity contribution is 5.94. The molecule has 3 N–H and O–H groups in total. The van der Waals surface area contributed by atoms with Crippen LogP contribution < -0.4 is 11.3 Å². The van der Waals surface area contributed by atoms with Crippen LogP contribution in [-0.2, 0) is 0 Å². The van der Waals surface area contributed by atoms with E-state index in [1.807, 2.05) is 7.05 Å². The van der Waals surface area contributed by atoms with Crippen molar-refractivity contribution in [2.75, 3.05) is 12.5 Å². The minimum absolute atomic E-state index is 0.0218. The Labute approximate surface area is 88.3 Å². The second-order valence-corrected chi connectivity index (χ2v) is 3.72. The summed E-state index contributed by atoms with van der Waals surface area (Å²) in [7, 11) is 1.83. The molecule has 0 bridgehead atoms. The maximum Gasteiger partial charge on any atom is 0.255 e. The highest BCUT2D eigenvalue weighted by atomic mass is 16.2. The minimum Gasteiger partial charge on any atom is -0.339 e. The first-order chi connectivity index (χ1) is 7.22. The predicted molar refractivity (Wildman–Crippen MR) is 57.2 cm³/mol. The zero-order valence-electron chi connectivity index (χ0n) is 8.60. The van der Waals surface area contributed by atoms with Crippen LogP contribution in [0.25, 0.3) is 0 Å². The maximum absolute atomic E-state index is 11.9. The van der Waals surface area contributed by atoms with Crippen molar-refractivity contribution in [2.45, 2.75) is 18.9 Å². The second kappa shape index (κ2) is 3.86. The molecule has 1 aromatic rings. The first-order valence-corrected chi connectivity index (χ1v) is 4.92. The van der Waals surface area contributed by atoms with Crippen LogP contribution in [0.15, 0.2) is 18.3 Å². The summed E-state index contributed by atoms with van der Waals surface area (Å²) in [5.41, 5.74) is 3.02. The first-order valence-electron chi connectivity index (χ1n) is 4.92. The third kappa shape index (κ3) is 2.07. The van der Waals surface area contributed by atoms with Gasteiger partial charge in [0.15, 0.2) is 0 Å². The molecule has 80 valence electrons. The molecule has 0 radical (unpaired) electrons. The third-order valence-electron chi connectivity index (χ3n) is 2.57. The number of nitrogens with two attached hydrogens (primary N) is 1. The molecule has 5 heteroatoms. The number of rotatable bonds is 3. The van der Waals surface area contributed by atoms with Gasteiger partial charge < -0.3 is 10.3 Å². The van der Waals surface area contributed by atoms with Crippen molar-refractivity contribution in [3.63, 3.8) is 0 Å². The number of aromatic nitrogens is 1. The Hall–Kier alpha value is -1.62. The molecule has 0 unspecified atom stereocenters. The number of hydrazine groups is 1. The molecule has 1 aromatic heterocycles. The van der Waals surface area contributed by atoms with Crippen LogP contribution in [0.5, 0.6) is 0 Å². The quantitative estimate of drug-likeness (QED) is 0.561. The molecule has 1 saturated carbocycles. The summed E-state index contributed by atoms with van der Waals surface area (Å²) in [6.45, 7) is 0. The number of carbonyl (C=O) groups is 1. The van der Waals surface area contributed by atoms with E-state index < -0.39 is 0 Å². The Kier molecular flexibility index (Phi) is 2.55. The van der Waals surface area contributed by atoms with Crippen molar-refractivity contribution in [3.8, 4) is 0 Å². The molecule has 1 heterocycles. The van der Waals surface area contributed by atoms with E-state index in [1.165, 1.54) is 6.20 Å². The number of amides is 1. The summed E-state index contributed by atoms with van der Waals surface area (Å²) >= 11 is 0. The smallest absolute Gasteiger partial charge is 0.255 e. The first kappa shape index (κ1) is 9.92. The van der Waals surface area contributed by atoms with Crippen LogP contribution in [0.4, 0.5) is 5.82 Å². The summed E-state index contributed by atoms with van der Waals surface area (Å²) in [6, 6.07) is 3.84. The summed E-state index contributed by atoms with van der Waals surface area (Å²) in [6.07, 6.45) is 3.76. The molecule has 0 spiro atoms. The van der Waals surface area contributed by atoms with Gasteiger partial charge in [-0.3, -0.25) is 4.79 Å². The van der Waals surface area contributed by atoms with Crippen molar-refractivity contribution in [2.24, 2.45) is 5.84 Å². The van der Waals surface area contributed by atoms with Gasteiger partial charge in [-0.2, -0.15) is 0 Å². The molecule has 0 aliphatic heterocycles. The summed E-state index contributed by atoms with van der Waals surface area (Å²) < 4.78 is 0. The van der Waals surface area contributed by atoms with E-state index in [9.17, 15) is 4.79 Å². The van der Waals surface area contributed by atoms with E-state index in [0.29, 0.717) is 17.4 Å². The molecule has 1 aliphatic carbocycles. The van der Waals surface area contributed by atoms with Gasteiger partial charge in [0.2, 0.25) is 0 Å². The zero-order valence-corrected chi connectivity index (χ0v) is 8.60. The fraction of sp³-hybridized carbons (Fsp3) is 0.400. The monoisotopic (exact) mass is 206 g/mol. The predicted octanol–water partition coefficient (Wildman–Crippen LogP) is 0.602. The van der Waals surface area contributed by atoms with Gasteiger partial charge in [0, 0.05) is 19.3 Å². The van der Waals surface area contributed by atoms with E-state index in [2.05, 4.69) is 10.4 Å². The number of pyridine rings is 1. The van der Waals surface area contributed by atoms with E-state index in [-0.39, 0.29) is 5.91 Å². The lowest BCUT2D eigenvalue weighted by Crippen LogP contribution is -2.28. The van der Waals surface area contributed by atoms with Crippen LogP contribution in [0.1, 0.15) is 23.2 Å². The van der Waals surface area contributed by atoms with E-state index in [1.54, 1.807) is 17.0 Å². The van der Waals surface area contributed by atoms with Gasteiger partial charge in [-0.15, -0.1) is 0 Å². The van der Waals surface area contributed by atoms with Gasteiger partial charge in [-0.25, -0.2) is 10.8 Å². The van der Waals surface area contributed by atoms with Crippen molar-refractivity contribution >= 4 is 11.7 Å². The lowest BCUT2D eigenvalue weighted by Gasteiger charge is -2.15.